The Morgan fingerprint density at radius 3 is 2.56 bits per heavy atom. The first-order chi connectivity index (χ1) is 15.7. The number of ether oxygens (including phenoxy) is 4. The SMILES string of the molecule is COc1ccc(-c2cc(C(=O)Nc3ccc4c(c3)OCO4)c3ccccc3n2)cc1OC. The van der Waals surface area contributed by atoms with E-state index in [1.807, 2.05) is 42.5 Å². The summed E-state index contributed by atoms with van der Waals surface area (Å²) in [6.07, 6.45) is 0. The van der Waals surface area contributed by atoms with Crippen molar-refractivity contribution >= 4 is 22.5 Å². The quantitative estimate of drug-likeness (QED) is 0.487. The van der Waals surface area contributed by atoms with Gasteiger partial charge in [-0.1, -0.05) is 18.2 Å². The predicted molar refractivity (Wildman–Crippen MR) is 121 cm³/mol. The molecule has 1 amide bonds. The minimum atomic E-state index is -0.246. The van der Waals surface area contributed by atoms with Crippen LogP contribution in [0.4, 0.5) is 5.69 Å². The van der Waals surface area contributed by atoms with E-state index in [0.29, 0.717) is 39.9 Å². The highest BCUT2D eigenvalue weighted by Gasteiger charge is 2.18. The van der Waals surface area contributed by atoms with Crippen molar-refractivity contribution in [1.29, 1.82) is 0 Å². The number of aromatic nitrogens is 1. The van der Waals surface area contributed by atoms with Crippen molar-refractivity contribution in [2.45, 2.75) is 0 Å². The van der Waals surface area contributed by atoms with Crippen LogP contribution in [0.15, 0.2) is 66.7 Å². The van der Waals surface area contributed by atoms with Crippen LogP contribution in [0.3, 0.4) is 0 Å². The zero-order valence-corrected chi connectivity index (χ0v) is 17.5. The summed E-state index contributed by atoms with van der Waals surface area (Å²) in [7, 11) is 3.17. The summed E-state index contributed by atoms with van der Waals surface area (Å²) in [6.45, 7) is 0.177. The zero-order valence-electron chi connectivity index (χ0n) is 17.5. The highest BCUT2D eigenvalue weighted by Crippen LogP contribution is 2.35. The fourth-order valence-electron chi connectivity index (χ4n) is 3.68. The molecule has 2 heterocycles. The Morgan fingerprint density at radius 1 is 0.906 bits per heavy atom. The van der Waals surface area contributed by atoms with Crippen molar-refractivity contribution in [2.24, 2.45) is 0 Å². The molecule has 32 heavy (non-hydrogen) atoms. The van der Waals surface area contributed by atoms with Crippen LogP contribution in [0, 0.1) is 0 Å². The number of fused-ring (bicyclic) bond motifs is 2. The maximum absolute atomic E-state index is 13.3. The Morgan fingerprint density at radius 2 is 1.72 bits per heavy atom. The maximum atomic E-state index is 13.3. The first-order valence-electron chi connectivity index (χ1n) is 9.99. The van der Waals surface area contributed by atoms with Gasteiger partial charge in [-0.3, -0.25) is 4.79 Å². The first-order valence-corrected chi connectivity index (χ1v) is 9.99. The second kappa shape index (κ2) is 8.11. The molecule has 1 aromatic heterocycles. The third-order valence-electron chi connectivity index (χ3n) is 5.27. The summed E-state index contributed by atoms with van der Waals surface area (Å²) >= 11 is 0. The molecule has 0 radical (unpaired) electrons. The van der Waals surface area contributed by atoms with Gasteiger partial charge in [0.05, 0.1) is 31.0 Å². The number of nitrogens with zero attached hydrogens (tertiary/aromatic N) is 1. The predicted octanol–water partition coefficient (Wildman–Crippen LogP) is 4.90. The number of amides is 1. The molecule has 1 aliphatic heterocycles. The van der Waals surface area contributed by atoms with E-state index in [2.05, 4.69) is 5.32 Å². The fraction of sp³-hybridized carbons (Fsp3) is 0.120. The Balaban J connectivity index is 1.56. The number of pyridine rings is 1. The summed E-state index contributed by atoms with van der Waals surface area (Å²) in [5.74, 6) is 2.23. The van der Waals surface area contributed by atoms with Crippen molar-refractivity contribution in [3.63, 3.8) is 0 Å². The molecule has 0 aliphatic carbocycles. The molecule has 1 N–H and O–H groups in total. The lowest BCUT2D eigenvalue weighted by Gasteiger charge is -2.13. The summed E-state index contributed by atoms with van der Waals surface area (Å²) in [6, 6.07) is 20.2. The van der Waals surface area contributed by atoms with Crippen LogP contribution in [-0.4, -0.2) is 31.9 Å². The molecular weight excluding hydrogens is 408 g/mol. The van der Waals surface area contributed by atoms with E-state index < -0.39 is 0 Å². The van der Waals surface area contributed by atoms with E-state index in [-0.39, 0.29) is 12.7 Å². The fourth-order valence-corrected chi connectivity index (χ4v) is 3.68. The number of hydrogen-bond donors (Lipinski definition) is 1. The summed E-state index contributed by atoms with van der Waals surface area (Å²) in [5, 5.41) is 3.71. The van der Waals surface area contributed by atoms with E-state index in [1.54, 1.807) is 38.5 Å². The molecule has 0 saturated carbocycles. The van der Waals surface area contributed by atoms with Gasteiger partial charge in [-0.15, -0.1) is 0 Å². The molecule has 7 heteroatoms. The standard InChI is InChI=1S/C25H20N2O5/c1-29-21-9-7-15(11-23(21)30-2)20-13-18(17-5-3-4-6-19(17)27-20)25(28)26-16-8-10-22-24(12-16)32-14-31-22/h3-13H,14H2,1-2H3,(H,26,28). The molecule has 1 aliphatic rings. The van der Waals surface area contributed by atoms with Gasteiger partial charge in [-0.25, -0.2) is 4.98 Å². The van der Waals surface area contributed by atoms with Gasteiger partial charge in [0, 0.05) is 22.7 Å². The number of para-hydroxylation sites is 1. The van der Waals surface area contributed by atoms with Crippen molar-refractivity contribution in [3.05, 3.63) is 72.3 Å². The molecule has 7 nitrogen and oxygen atoms in total. The number of benzene rings is 3. The number of anilines is 1. The molecule has 0 spiro atoms. The normalized spacial score (nSPS) is 11.9. The van der Waals surface area contributed by atoms with Crippen LogP contribution in [0.25, 0.3) is 22.2 Å². The van der Waals surface area contributed by atoms with Crippen LogP contribution in [0.2, 0.25) is 0 Å². The zero-order chi connectivity index (χ0) is 22.1. The lowest BCUT2D eigenvalue weighted by Crippen LogP contribution is -2.13. The smallest absolute Gasteiger partial charge is 0.256 e. The molecular formula is C25H20N2O5. The maximum Gasteiger partial charge on any atom is 0.256 e. The highest BCUT2D eigenvalue weighted by molar-refractivity contribution is 6.13. The number of rotatable bonds is 5. The second-order valence-corrected chi connectivity index (χ2v) is 7.16. The van der Waals surface area contributed by atoms with Gasteiger partial charge < -0.3 is 24.3 Å². The largest absolute Gasteiger partial charge is 0.493 e. The van der Waals surface area contributed by atoms with Crippen LogP contribution in [-0.2, 0) is 0 Å². The van der Waals surface area contributed by atoms with E-state index in [9.17, 15) is 4.79 Å². The van der Waals surface area contributed by atoms with Crippen LogP contribution >= 0.6 is 0 Å². The Hall–Kier alpha value is -4.26. The Labute approximate surface area is 184 Å². The lowest BCUT2D eigenvalue weighted by atomic mass is 10.0. The van der Waals surface area contributed by atoms with E-state index >= 15 is 0 Å². The molecule has 4 aromatic rings. The summed E-state index contributed by atoms with van der Waals surface area (Å²) in [4.78, 5) is 18.0. The van der Waals surface area contributed by atoms with Gasteiger partial charge >= 0.3 is 0 Å². The molecule has 0 bridgehead atoms. The number of carbonyl (C=O) groups excluding carboxylic acids is 1. The Kier molecular flexibility index (Phi) is 4.99. The van der Waals surface area contributed by atoms with Gasteiger partial charge in [-0.05, 0) is 42.5 Å². The van der Waals surface area contributed by atoms with Crippen molar-refractivity contribution in [3.8, 4) is 34.3 Å². The number of carbonyl (C=O) groups is 1. The van der Waals surface area contributed by atoms with E-state index in [0.717, 1.165) is 16.5 Å². The average molecular weight is 428 g/mol. The van der Waals surface area contributed by atoms with E-state index in [4.69, 9.17) is 23.9 Å². The molecule has 0 unspecified atom stereocenters. The van der Waals surface area contributed by atoms with Crippen LogP contribution in [0.1, 0.15) is 10.4 Å². The monoisotopic (exact) mass is 428 g/mol. The molecule has 0 saturated heterocycles. The molecule has 5 rings (SSSR count). The number of methoxy groups -OCH3 is 2. The van der Waals surface area contributed by atoms with Crippen molar-refractivity contribution < 1.29 is 23.7 Å². The topological polar surface area (TPSA) is 78.9 Å². The minimum absolute atomic E-state index is 0.177. The van der Waals surface area contributed by atoms with Gasteiger partial charge in [-0.2, -0.15) is 0 Å². The van der Waals surface area contributed by atoms with Gasteiger partial charge in [0.25, 0.3) is 5.91 Å². The second-order valence-electron chi connectivity index (χ2n) is 7.16. The van der Waals surface area contributed by atoms with E-state index in [1.165, 1.54) is 0 Å². The van der Waals surface area contributed by atoms with Crippen LogP contribution < -0.4 is 24.3 Å². The number of hydrogen-bond acceptors (Lipinski definition) is 6. The molecule has 0 atom stereocenters. The Bertz CT molecular complexity index is 1340. The molecule has 160 valence electrons. The highest BCUT2D eigenvalue weighted by atomic mass is 16.7. The van der Waals surface area contributed by atoms with Gasteiger partial charge in [0.2, 0.25) is 6.79 Å². The van der Waals surface area contributed by atoms with Crippen molar-refractivity contribution in [2.75, 3.05) is 26.3 Å². The summed E-state index contributed by atoms with van der Waals surface area (Å²) < 4.78 is 21.5. The minimum Gasteiger partial charge on any atom is -0.493 e. The first kappa shape index (κ1) is 19.7. The lowest BCUT2D eigenvalue weighted by molar-refractivity contribution is 0.102. The molecule has 3 aromatic carbocycles. The van der Waals surface area contributed by atoms with Crippen LogP contribution in [0.5, 0.6) is 23.0 Å². The third kappa shape index (κ3) is 3.54. The summed E-state index contributed by atoms with van der Waals surface area (Å²) in [5.41, 5.74) is 3.31. The van der Waals surface area contributed by atoms with Crippen molar-refractivity contribution in [1.82, 2.24) is 4.98 Å². The van der Waals surface area contributed by atoms with Gasteiger partial charge in [0.15, 0.2) is 23.0 Å². The average Bonchev–Trinajstić information content (AvgIpc) is 3.30. The number of nitrogens with one attached hydrogen (secondary N) is 1. The van der Waals surface area contributed by atoms with Gasteiger partial charge in [0.1, 0.15) is 0 Å². The molecule has 0 fully saturated rings. The third-order valence-corrected chi connectivity index (χ3v) is 5.27.